The number of imidazole rings is 1. The number of nitrogens with zero attached hydrogens (tertiary/aromatic N) is 4. The van der Waals surface area contributed by atoms with E-state index < -0.39 is 5.84 Å². The van der Waals surface area contributed by atoms with Crippen LogP contribution in [0, 0.1) is 16.7 Å². The molecule has 1 aromatic heterocycles. The molecule has 2 aromatic rings. The van der Waals surface area contributed by atoms with E-state index in [1.807, 2.05) is 0 Å². The second kappa shape index (κ2) is 5.41. The molecular weight excluding hydrogens is 338 g/mol. The lowest BCUT2D eigenvalue weighted by Crippen LogP contribution is -2.21. The highest BCUT2D eigenvalue weighted by Crippen LogP contribution is 2.27. The minimum Gasteiger partial charge on any atom is -0.382 e. The van der Waals surface area contributed by atoms with Gasteiger partial charge < -0.3 is 5.73 Å². The van der Waals surface area contributed by atoms with Crippen molar-refractivity contribution in [2.24, 2.45) is 24.9 Å². The fourth-order valence-corrected chi connectivity index (χ4v) is 2.29. The summed E-state index contributed by atoms with van der Waals surface area (Å²) in [5.41, 5.74) is 9.55. The second-order valence-electron chi connectivity index (χ2n) is 4.32. The van der Waals surface area contributed by atoms with Gasteiger partial charge in [-0.2, -0.15) is 10.4 Å². The minimum atomic E-state index is -0.422. The molecule has 0 aliphatic rings. The minimum absolute atomic E-state index is 0.140. The lowest BCUT2D eigenvalue weighted by atomic mass is 10.3. The number of rotatable bonds is 3. The van der Waals surface area contributed by atoms with E-state index in [0.29, 0.717) is 15.7 Å². The molecule has 0 spiro atoms. The first-order valence-electron chi connectivity index (χ1n) is 5.80. The number of aromatic nitrogens is 2. The largest absolute Gasteiger partial charge is 0.382 e. The molecule has 9 heteroatoms. The summed E-state index contributed by atoms with van der Waals surface area (Å²) in [6, 6.07) is 5.21. The van der Waals surface area contributed by atoms with Crippen LogP contribution in [-0.2, 0) is 14.1 Å². The summed E-state index contributed by atoms with van der Waals surface area (Å²) in [6.07, 6.45) is 0. The summed E-state index contributed by atoms with van der Waals surface area (Å²) in [5, 5.41) is 19.8. The number of hydrogen-bond donors (Lipinski definition) is 3. The maximum absolute atomic E-state index is 11.9. The molecule has 4 N–H and O–H groups in total. The molecule has 0 saturated heterocycles. The van der Waals surface area contributed by atoms with E-state index in [4.69, 9.17) is 16.4 Å². The molecule has 0 saturated carbocycles. The van der Waals surface area contributed by atoms with E-state index in [2.05, 4.69) is 26.5 Å². The summed E-state index contributed by atoms with van der Waals surface area (Å²) in [7, 11) is 3.35. The van der Waals surface area contributed by atoms with E-state index in [1.54, 1.807) is 32.3 Å². The molecule has 0 amide bonds. The van der Waals surface area contributed by atoms with Gasteiger partial charge in [-0.1, -0.05) is 0 Å². The van der Waals surface area contributed by atoms with Gasteiger partial charge in [0.25, 0.3) is 0 Å². The molecule has 0 radical (unpaired) electrons. The molecule has 1 aromatic carbocycles. The van der Waals surface area contributed by atoms with Gasteiger partial charge in [-0.25, -0.2) is 4.79 Å². The van der Waals surface area contributed by atoms with Gasteiger partial charge in [0.1, 0.15) is 6.07 Å². The number of halogens is 1. The van der Waals surface area contributed by atoms with Gasteiger partial charge in [0.05, 0.1) is 16.7 Å². The third kappa shape index (κ3) is 2.53. The van der Waals surface area contributed by atoms with Crippen LogP contribution in [0.2, 0.25) is 0 Å². The highest BCUT2D eigenvalue weighted by atomic mass is 79.9. The van der Waals surface area contributed by atoms with Gasteiger partial charge in [0.2, 0.25) is 5.71 Å². The normalized spacial score (nSPS) is 11.4. The van der Waals surface area contributed by atoms with Crippen molar-refractivity contribution in [3.63, 3.8) is 0 Å². The predicted octanol–water partition coefficient (Wildman–Crippen LogP) is 0.867. The Hall–Kier alpha value is -2.60. The van der Waals surface area contributed by atoms with Crippen LogP contribution in [0.5, 0.6) is 0 Å². The molecule has 0 fully saturated rings. The lowest BCUT2D eigenvalue weighted by Gasteiger charge is -2.05. The van der Waals surface area contributed by atoms with Crippen molar-refractivity contribution < 1.29 is 0 Å². The molecule has 2 rings (SSSR count). The quantitative estimate of drug-likeness (QED) is 0.431. The fraction of sp³-hybridized carbons (Fsp3) is 0.167. The zero-order valence-corrected chi connectivity index (χ0v) is 12.9. The number of nitrogens with two attached hydrogens (primary N) is 1. The van der Waals surface area contributed by atoms with E-state index in [9.17, 15) is 4.79 Å². The van der Waals surface area contributed by atoms with Crippen LogP contribution in [0.4, 0.5) is 5.69 Å². The van der Waals surface area contributed by atoms with Gasteiger partial charge in [0, 0.05) is 18.6 Å². The number of anilines is 1. The highest BCUT2D eigenvalue weighted by Gasteiger charge is 2.11. The zero-order chi connectivity index (χ0) is 15.7. The Morgan fingerprint density at radius 3 is 2.52 bits per heavy atom. The second-order valence-corrected chi connectivity index (χ2v) is 5.17. The fourth-order valence-electron chi connectivity index (χ4n) is 1.87. The number of aryl methyl sites for hydroxylation is 2. The molecule has 0 atom stereocenters. The van der Waals surface area contributed by atoms with Crippen molar-refractivity contribution >= 4 is 44.2 Å². The van der Waals surface area contributed by atoms with Crippen molar-refractivity contribution in [1.29, 1.82) is 10.7 Å². The molecular formula is C12H12BrN7O. The van der Waals surface area contributed by atoms with Crippen LogP contribution < -0.4 is 16.8 Å². The number of nitrogens with one attached hydrogen (secondary N) is 2. The summed E-state index contributed by atoms with van der Waals surface area (Å²) < 4.78 is 3.71. The highest BCUT2D eigenvalue weighted by molar-refractivity contribution is 9.10. The van der Waals surface area contributed by atoms with E-state index in [1.165, 1.54) is 9.13 Å². The Balaban J connectivity index is 2.54. The van der Waals surface area contributed by atoms with E-state index in [-0.39, 0.29) is 11.4 Å². The topological polar surface area (TPSA) is 125 Å². The van der Waals surface area contributed by atoms with E-state index >= 15 is 0 Å². The first-order chi connectivity index (χ1) is 9.86. The van der Waals surface area contributed by atoms with Crippen molar-refractivity contribution in [3.05, 3.63) is 27.1 Å². The van der Waals surface area contributed by atoms with Gasteiger partial charge in [-0.15, -0.1) is 0 Å². The van der Waals surface area contributed by atoms with Crippen LogP contribution in [0.15, 0.2) is 26.5 Å². The average Bonchev–Trinajstić information content (AvgIpc) is 2.64. The van der Waals surface area contributed by atoms with Crippen molar-refractivity contribution in [2.45, 2.75) is 0 Å². The Labute approximate surface area is 128 Å². The van der Waals surface area contributed by atoms with Crippen LogP contribution in [0.3, 0.4) is 0 Å². The summed E-state index contributed by atoms with van der Waals surface area (Å²) in [4.78, 5) is 11.9. The number of hydrogen-bond acceptors (Lipinski definition) is 5. The first kappa shape index (κ1) is 14.8. The molecule has 8 nitrogen and oxygen atoms in total. The summed E-state index contributed by atoms with van der Waals surface area (Å²) in [5.74, 6) is -0.422. The number of hydrazone groups is 1. The van der Waals surface area contributed by atoms with Crippen LogP contribution in [0.25, 0.3) is 11.0 Å². The number of nitriles is 1. The van der Waals surface area contributed by atoms with Crippen LogP contribution in [0.1, 0.15) is 0 Å². The molecule has 0 aliphatic heterocycles. The maximum atomic E-state index is 11.9. The van der Waals surface area contributed by atoms with Gasteiger partial charge in [-0.05, 0) is 28.1 Å². The predicted molar refractivity (Wildman–Crippen MR) is 84.4 cm³/mol. The smallest absolute Gasteiger partial charge is 0.328 e. The van der Waals surface area contributed by atoms with Gasteiger partial charge in [-0.3, -0.25) is 20.0 Å². The van der Waals surface area contributed by atoms with Crippen molar-refractivity contribution in [2.75, 3.05) is 5.43 Å². The number of benzene rings is 1. The van der Waals surface area contributed by atoms with Crippen LogP contribution >= 0.6 is 15.9 Å². The summed E-state index contributed by atoms with van der Waals surface area (Å²) >= 11 is 3.37. The molecule has 0 bridgehead atoms. The molecule has 1 heterocycles. The third-order valence-corrected chi connectivity index (χ3v) is 3.67. The Morgan fingerprint density at radius 2 is 2.00 bits per heavy atom. The SMILES string of the molecule is Cn1c(=O)n(C)c2cc(N/N=C(\C#N)C(=N)N)c(Br)cc21. The first-order valence-corrected chi connectivity index (χ1v) is 6.59. The van der Waals surface area contributed by atoms with E-state index in [0.717, 1.165) is 5.52 Å². The lowest BCUT2D eigenvalue weighted by molar-refractivity contribution is 0.795. The van der Waals surface area contributed by atoms with Crippen molar-refractivity contribution in [3.8, 4) is 6.07 Å². The average molecular weight is 350 g/mol. The van der Waals surface area contributed by atoms with Crippen LogP contribution in [-0.4, -0.2) is 20.7 Å². The standard InChI is InChI=1S/C12H12BrN7O/c1-19-9-3-6(13)7(4-10(9)20(2)12(19)21)17-18-8(5-14)11(15)16/h3-4,17H,1-2H3,(H3,15,16)/b18-8+. The number of amidine groups is 1. The maximum Gasteiger partial charge on any atom is 0.328 e. The number of fused-ring (bicyclic) bond motifs is 1. The molecule has 0 aliphatic carbocycles. The monoisotopic (exact) mass is 349 g/mol. The van der Waals surface area contributed by atoms with Gasteiger partial charge >= 0.3 is 5.69 Å². The van der Waals surface area contributed by atoms with Gasteiger partial charge in [0.15, 0.2) is 5.84 Å². The molecule has 0 unspecified atom stereocenters. The Morgan fingerprint density at radius 1 is 1.43 bits per heavy atom. The molecule has 108 valence electrons. The third-order valence-electron chi connectivity index (χ3n) is 3.01. The molecule has 21 heavy (non-hydrogen) atoms. The summed E-state index contributed by atoms with van der Waals surface area (Å²) in [6.45, 7) is 0. The Kier molecular flexibility index (Phi) is 3.82. The zero-order valence-electron chi connectivity index (χ0n) is 11.3. The van der Waals surface area contributed by atoms with Crippen molar-refractivity contribution in [1.82, 2.24) is 9.13 Å². The Bertz CT molecular complexity index is 868.